The maximum absolute atomic E-state index is 12.0. The van der Waals surface area contributed by atoms with Crippen LogP contribution in [0.15, 0.2) is 0 Å². The van der Waals surface area contributed by atoms with Crippen molar-refractivity contribution in [1.29, 1.82) is 0 Å². The third-order valence-corrected chi connectivity index (χ3v) is 2.61. The molecular weight excluding hydrogens is 236 g/mol. The monoisotopic (exact) mass is 260 g/mol. The lowest BCUT2D eigenvalue weighted by Gasteiger charge is -2.32. The van der Waals surface area contributed by atoms with Crippen LogP contribution >= 0.6 is 0 Å². The second kappa shape index (κ2) is 6.58. The molecule has 0 aromatic heterocycles. The molecule has 0 aliphatic heterocycles. The molecule has 18 heavy (non-hydrogen) atoms. The van der Waals surface area contributed by atoms with Crippen LogP contribution in [0.2, 0.25) is 0 Å². The van der Waals surface area contributed by atoms with E-state index in [9.17, 15) is 9.59 Å². The van der Waals surface area contributed by atoms with E-state index in [1.54, 1.807) is 20.8 Å². The van der Waals surface area contributed by atoms with Gasteiger partial charge in [-0.25, -0.2) is 9.59 Å². The molecule has 0 aliphatic rings. The Morgan fingerprint density at radius 1 is 1.28 bits per heavy atom. The number of amides is 2. The van der Waals surface area contributed by atoms with Gasteiger partial charge in [-0.2, -0.15) is 0 Å². The number of nitrogens with one attached hydrogen (secondary N) is 1. The van der Waals surface area contributed by atoms with Gasteiger partial charge < -0.3 is 20.4 Å². The van der Waals surface area contributed by atoms with Crippen LogP contribution in [0.5, 0.6) is 0 Å². The first-order valence-electron chi connectivity index (χ1n) is 6.02. The van der Waals surface area contributed by atoms with E-state index < -0.39 is 23.5 Å². The van der Waals surface area contributed by atoms with Crippen molar-refractivity contribution >= 4 is 12.0 Å². The molecule has 0 spiro atoms. The van der Waals surface area contributed by atoms with Crippen LogP contribution in [-0.4, -0.2) is 52.3 Å². The first kappa shape index (κ1) is 16.7. The Hall–Kier alpha value is -1.30. The van der Waals surface area contributed by atoms with Crippen molar-refractivity contribution in [1.82, 2.24) is 10.2 Å². The molecule has 0 rings (SSSR count). The van der Waals surface area contributed by atoms with Crippen molar-refractivity contribution in [3.8, 4) is 0 Å². The summed E-state index contributed by atoms with van der Waals surface area (Å²) < 4.78 is 0. The number of carbonyl (C=O) groups excluding carboxylic acids is 1. The summed E-state index contributed by atoms with van der Waals surface area (Å²) in [5.41, 5.74) is -0.580. The van der Waals surface area contributed by atoms with E-state index in [1.165, 1.54) is 4.90 Å². The summed E-state index contributed by atoms with van der Waals surface area (Å²) in [7, 11) is 0. The SMILES string of the molecule is CC(C)N(CCO)C(=O)N[C@@H](C(=O)O)C(C)(C)C. The van der Waals surface area contributed by atoms with Gasteiger partial charge >= 0.3 is 12.0 Å². The fraction of sp³-hybridized carbons (Fsp3) is 0.833. The summed E-state index contributed by atoms with van der Waals surface area (Å²) in [6.07, 6.45) is 0. The molecule has 0 aromatic carbocycles. The smallest absolute Gasteiger partial charge is 0.326 e. The molecule has 0 fully saturated rings. The number of aliphatic carboxylic acids is 1. The number of carbonyl (C=O) groups is 2. The van der Waals surface area contributed by atoms with Gasteiger partial charge in [0.25, 0.3) is 0 Å². The molecule has 3 N–H and O–H groups in total. The number of hydrogen-bond acceptors (Lipinski definition) is 3. The number of aliphatic hydroxyl groups is 1. The van der Waals surface area contributed by atoms with Crippen LogP contribution in [-0.2, 0) is 4.79 Å². The van der Waals surface area contributed by atoms with Gasteiger partial charge in [0.1, 0.15) is 6.04 Å². The van der Waals surface area contributed by atoms with Crippen LogP contribution in [0.4, 0.5) is 4.79 Å². The van der Waals surface area contributed by atoms with Crippen LogP contribution in [0.3, 0.4) is 0 Å². The molecule has 6 heteroatoms. The molecule has 0 unspecified atom stereocenters. The Morgan fingerprint density at radius 3 is 2.06 bits per heavy atom. The van der Waals surface area contributed by atoms with Crippen LogP contribution in [0.1, 0.15) is 34.6 Å². The van der Waals surface area contributed by atoms with E-state index in [1.807, 2.05) is 13.8 Å². The van der Waals surface area contributed by atoms with Crippen molar-refractivity contribution in [3.63, 3.8) is 0 Å². The Labute approximate surface area is 108 Å². The summed E-state index contributed by atoms with van der Waals surface area (Å²) in [6, 6.07) is -1.54. The summed E-state index contributed by atoms with van der Waals surface area (Å²) in [5.74, 6) is -1.07. The largest absolute Gasteiger partial charge is 0.480 e. The number of nitrogens with zero attached hydrogens (tertiary/aromatic N) is 1. The number of aliphatic hydroxyl groups excluding tert-OH is 1. The zero-order valence-electron chi connectivity index (χ0n) is 11.7. The first-order valence-corrected chi connectivity index (χ1v) is 6.02. The summed E-state index contributed by atoms with van der Waals surface area (Å²) in [6.45, 7) is 8.89. The Balaban J connectivity index is 4.83. The Bertz CT molecular complexity index is 297. The van der Waals surface area contributed by atoms with E-state index >= 15 is 0 Å². The Kier molecular flexibility index (Phi) is 6.11. The number of rotatable bonds is 5. The lowest BCUT2D eigenvalue weighted by Crippen LogP contribution is -2.55. The summed E-state index contributed by atoms with van der Waals surface area (Å²) >= 11 is 0. The van der Waals surface area contributed by atoms with Gasteiger partial charge in [0.05, 0.1) is 6.61 Å². The number of urea groups is 1. The molecule has 0 aromatic rings. The minimum absolute atomic E-state index is 0.105. The third-order valence-electron chi connectivity index (χ3n) is 2.61. The molecule has 0 bridgehead atoms. The zero-order chi connectivity index (χ0) is 14.5. The maximum Gasteiger partial charge on any atom is 0.326 e. The second-order valence-electron chi connectivity index (χ2n) is 5.60. The maximum atomic E-state index is 12.0. The van der Waals surface area contributed by atoms with E-state index in [-0.39, 0.29) is 19.2 Å². The Morgan fingerprint density at radius 2 is 1.78 bits per heavy atom. The quantitative estimate of drug-likeness (QED) is 0.685. The van der Waals surface area contributed by atoms with Crippen molar-refractivity contribution in [2.45, 2.75) is 46.7 Å². The van der Waals surface area contributed by atoms with Gasteiger partial charge in [-0.3, -0.25) is 0 Å². The molecule has 6 nitrogen and oxygen atoms in total. The van der Waals surface area contributed by atoms with Gasteiger partial charge in [-0.1, -0.05) is 20.8 Å². The van der Waals surface area contributed by atoms with E-state index in [4.69, 9.17) is 10.2 Å². The van der Waals surface area contributed by atoms with Crippen molar-refractivity contribution in [3.05, 3.63) is 0 Å². The van der Waals surface area contributed by atoms with E-state index in [0.717, 1.165) is 0 Å². The molecule has 2 amide bonds. The highest BCUT2D eigenvalue weighted by Crippen LogP contribution is 2.19. The molecule has 0 saturated carbocycles. The molecule has 0 aliphatic carbocycles. The zero-order valence-corrected chi connectivity index (χ0v) is 11.7. The average Bonchev–Trinajstić information content (AvgIpc) is 2.19. The lowest BCUT2D eigenvalue weighted by atomic mass is 9.87. The normalized spacial score (nSPS) is 13.3. The highest BCUT2D eigenvalue weighted by molar-refractivity contribution is 5.83. The van der Waals surface area contributed by atoms with Crippen molar-refractivity contribution in [2.24, 2.45) is 5.41 Å². The highest BCUT2D eigenvalue weighted by Gasteiger charge is 2.34. The highest BCUT2D eigenvalue weighted by atomic mass is 16.4. The van der Waals surface area contributed by atoms with Gasteiger partial charge in [0.2, 0.25) is 0 Å². The molecule has 0 radical (unpaired) electrons. The molecular formula is C12H24N2O4. The van der Waals surface area contributed by atoms with Crippen molar-refractivity contribution in [2.75, 3.05) is 13.2 Å². The van der Waals surface area contributed by atoms with E-state index in [0.29, 0.717) is 0 Å². The topological polar surface area (TPSA) is 89.9 Å². The average molecular weight is 260 g/mol. The van der Waals surface area contributed by atoms with E-state index in [2.05, 4.69) is 5.32 Å². The molecule has 106 valence electrons. The van der Waals surface area contributed by atoms with Crippen LogP contribution in [0.25, 0.3) is 0 Å². The number of carboxylic acids is 1. The van der Waals surface area contributed by atoms with Gasteiger partial charge in [0, 0.05) is 12.6 Å². The standard InChI is InChI=1S/C12H24N2O4/c1-8(2)14(6-7-15)11(18)13-9(10(16)17)12(3,4)5/h8-9,15H,6-7H2,1-5H3,(H,13,18)(H,16,17)/t9-/m0/s1. The second-order valence-corrected chi connectivity index (χ2v) is 5.60. The first-order chi connectivity index (χ1) is 8.11. The lowest BCUT2D eigenvalue weighted by molar-refractivity contribution is -0.142. The fourth-order valence-electron chi connectivity index (χ4n) is 1.56. The predicted molar refractivity (Wildman–Crippen MR) is 68.3 cm³/mol. The van der Waals surface area contributed by atoms with Gasteiger partial charge in [-0.15, -0.1) is 0 Å². The van der Waals surface area contributed by atoms with Crippen LogP contribution < -0.4 is 5.32 Å². The molecule has 1 atom stereocenters. The summed E-state index contributed by atoms with van der Waals surface area (Å²) in [4.78, 5) is 24.5. The van der Waals surface area contributed by atoms with Crippen LogP contribution in [0, 0.1) is 5.41 Å². The molecule has 0 saturated heterocycles. The van der Waals surface area contributed by atoms with Gasteiger partial charge in [0.15, 0.2) is 0 Å². The summed E-state index contributed by atoms with van der Waals surface area (Å²) in [5, 5.41) is 20.5. The number of carboxylic acid groups (broad SMARTS) is 1. The number of hydrogen-bond donors (Lipinski definition) is 3. The third kappa shape index (κ3) is 4.91. The predicted octanol–water partition coefficient (Wildman–Crippen LogP) is 0.898. The molecule has 0 heterocycles. The van der Waals surface area contributed by atoms with Gasteiger partial charge in [-0.05, 0) is 19.3 Å². The minimum Gasteiger partial charge on any atom is -0.480 e. The fourth-order valence-corrected chi connectivity index (χ4v) is 1.56. The van der Waals surface area contributed by atoms with Crippen molar-refractivity contribution < 1.29 is 19.8 Å². The minimum atomic E-state index is -1.07.